The molecule has 0 unspecified atom stereocenters. The van der Waals surface area contributed by atoms with Crippen molar-refractivity contribution >= 4 is 11.2 Å². The number of nitrogen functional groups attached to an aromatic ring is 1. The third-order valence-corrected chi connectivity index (χ3v) is 3.08. The highest BCUT2D eigenvalue weighted by molar-refractivity contribution is 5.75. The largest absolute Gasteiger partial charge is 0.474 e. The quantitative estimate of drug-likeness (QED) is 0.890. The van der Waals surface area contributed by atoms with Crippen molar-refractivity contribution in [2.75, 3.05) is 33.0 Å². The summed E-state index contributed by atoms with van der Waals surface area (Å²) >= 11 is 0. The van der Waals surface area contributed by atoms with Crippen molar-refractivity contribution in [1.82, 2.24) is 14.5 Å². The zero-order valence-corrected chi connectivity index (χ0v) is 11.4. The van der Waals surface area contributed by atoms with Crippen molar-refractivity contribution in [1.29, 1.82) is 0 Å². The fourth-order valence-electron chi connectivity index (χ4n) is 1.76. The van der Waals surface area contributed by atoms with E-state index in [1.807, 2.05) is 37.7 Å². The summed E-state index contributed by atoms with van der Waals surface area (Å²) in [5.41, 5.74) is 9.83. The van der Waals surface area contributed by atoms with Gasteiger partial charge in [-0.15, -0.1) is 5.10 Å². The van der Waals surface area contributed by atoms with E-state index in [-0.39, 0.29) is 0 Å². The molecule has 2 N–H and O–H groups in total. The second-order valence-corrected chi connectivity index (χ2v) is 4.77. The van der Waals surface area contributed by atoms with E-state index in [9.17, 15) is 0 Å². The molecule has 18 heavy (non-hydrogen) atoms. The van der Waals surface area contributed by atoms with Crippen molar-refractivity contribution in [2.45, 2.75) is 13.8 Å². The van der Waals surface area contributed by atoms with E-state index >= 15 is 0 Å². The van der Waals surface area contributed by atoms with Gasteiger partial charge in [0.05, 0.1) is 5.52 Å². The van der Waals surface area contributed by atoms with Crippen LogP contribution < -0.4 is 10.5 Å². The van der Waals surface area contributed by atoms with Crippen LogP contribution in [-0.2, 0) is 0 Å². The number of aromatic nitrogens is 2. The number of fused-ring (bicyclic) bond motifs is 1. The van der Waals surface area contributed by atoms with Gasteiger partial charge >= 0.3 is 0 Å². The fourth-order valence-corrected chi connectivity index (χ4v) is 1.76. The molecule has 0 radical (unpaired) electrons. The van der Waals surface area contributed by atoms with Crippen LogP contribution in [0.15, 0.2) is 12.1 Å². The van der Waals surface area contributed by atoms with Crippen LogP contribution in [0.3, 0.4) is 0 Å². The Morgan fingerprint density at radius 2 is 2.06 bits per heavy atom. The van der Waals surface area contributed by atoms with Gasteiger partial charge in [-0.05, 0) is 39.6 Å². The monoisotopic (exact) mass is 248 g/mol. The second-order valence-electron chi connectivity index (χ2n) is 4.77. The van der Waals surface area contributed by atoms with E-state index in [1.165, 1.54) is 5.56 Å². The number of hydrogen-bond acceptors (Lipinski definition) is 4. The van der Waals surface area contributed by atoms with Gasteiger partial charge in [0.25, 0.3) is 5.88 Å². The molecule has 0 aliphatic rings. The normalized spacial score (nSPS) is 11.4. The highest BCUT2D eigenvalue weighted by Gasteiger charge is 2.12. The summed E-state index contributed by atoms with van der Waals surface area (Å²) in [6.45, 7) is 5.50. The molecule has 0 amide bonds. The van der Waals surface area contributed by atoms with Gasteiger partial charge in [0.1, 0.15) is 12.3 Å². The first-order valence-corrected chi connectivity index (χ1v) is 6.02. The maximum Gasteiger partial charge on any atom is 0.257 e. The summed E-state index contributed by atoms with van der Waals surface area (Å²) < 4.78 is 7.47. The molecule has 5 heteroatoms. The number of pyridine rings is 1. The fraction of sp³-hybridized carbons (Fsp3) is 0.462. The molecule has 0 spiro atoms. The van der Waals surface area contributed by atoms with E-state index in [1.54, 1.807) is 0 Å². The van der Waals surface area contributed by atoms with Gasteiger partial charge in [-0.2, -0.15) is 0 Å². The first kappa shape index (κ1) is 12.7. The zero-order chi connectivity index (χ0) is 13.3. The number of anilines is 1. The lowest BCUT2D eigenvalue weighted by Gasteiger charge is -2.09. The van der Waals surface area contributed by atoms with Gasteiger partial charge in [-0.1, -0.05) is 6.07 Å². The summed E-state index contributed by atoms with van der Waals surface area (Å²) in [6.07, 6.45) is 0. The lowest BCUT2D eigenvalue weighted by Crippen LogP contribution is -2.19. The SMILES string of the molecule is Cc1ccc2c(N)c(OCCN(C)C)nn2c1C. The number of nitrogens with two attached hydrogens (primary N) is 1. The first-order valence-electron chi connectivity index (χ1n) is 6.02. The average Bonchev–Trinajstić information content (AvgIpc) is 2.62. The van der Waals surface area contributed by atoms with E-state index in [2.05, 4.69) is 16.9 Å². The zero-order valence-electron chi connectivity index (χ0n) is 11.4. The molecule has 2 heterocycles. The number of rotatable bonds is 4. The Bertz CT molecular complexity index is 560. The molecule has 2 rings (SSSR count). The van der Waals surface area contributed by atoms with E-state index in [4.69, 9.17) is 10.5 Å². The van der Waals surface area contributed by atoms with Crippen LogP contribution in [0.1, 0.15) is 11.3 Å². The molecule has 98 valence electrons. The van der Waals surface area contributed by atoms with Gasteiger partial charge in [0, 0.05) is 12.2 Å². The number of aryl methyl sites for hydroxylation is 2. The molecule has 0 aromatic carbocycles. The Morgan fingerprint density at radius 1 is 1.33 bits per heavy atom. The molecule has 0 bridgehead atoms. The smallest absolute Gasteiger partial charge is 0.257 e. The molecule has 5 nitrogen and oxygen atoms in total. The van der Waals surface area contributed by atoms with Gasteiger partial charge in [0.15, 0.2) is 0 Å². The number of hydrogen-bond donors (Lipinski definition) is 1. The maximum absolute atomic E-state index is 6.05. The molecule has 0 fully saturated rings. The van der Waals surface area contributed by atoms with Crippen LogP contribution in [0.5, 0.6) is 5.88 Å². The third kappa shape index (κ3) is 2.26. The molecule has 0 saturated heterocycles. The van der Waals surface area contributed by atoms with Crippen LogP contribution in [-0.4, -0.2) is 41.8 Å². The van der Waals surface area contributed by atoms with Gasteiger partial charge in [-0.3, -0.25) is 0 Å². The Balaban J connectivity index is 2.30. The Labute approximate surface area is 107 Å². The summed E-state index contributed by atoms with van der Waals surface area (Å²) in [6, 6.07) is 4.02. The van der Waals surface area contributed by atoms with E-state index < -0.39 is 0 Å². The molecule has 2 aromatic heterocycles. The van der Waals surface area contributed by atoms with Crippen molar-refractivity contribution in [2.24, 2.45) is 0 Å². The summed E-state index contributed by atoms with van der Waals surface area (Å²) in [5, 5.41) is 4.42. The lowest BCUT2D eigenvalue weighted by atomic mass is 10.2. The van der Waals surface area contributed by atoms with E-state index in [0.717, 1.165) is 17.8 Å². The van der Waals surface area contributed by atoms with Crippen LogP contribution in [0.2, 0.25) is 0 Å². The lowest BCUT2D eigenvalue weighted by molar-refractivity contribution is 0.254. The van der Waals surface area contributed by atoms with Crippen LogP contribution >= 0.6 is 0 Å². The highest BCUT2D eigenvalue weighted by Crippen LogP contribution is 2.26. The minimum absolute atomic E-state index is 0.519. The number of nitrogens with zero attached hydrogens (tertiary/aromatic N) is 3. The summed E-state index contributed by atoms with van der Waals surface area (Å²) in [5.74, 6) is 0.519. The Hall–Kier alpha value is -1.75. The highest BCUT2D eigenvalue weighted by atomic mass is 16.5. The summed E-state index contributed by atoms with van der Waals surface area (Å²) in [4.78, 5) is 2.06. The number of ether oxygens (including phenoxy) is 1. The predicted molar refractivity (Wildman–Crippen MR) is 73.1 cm³/mol. The second kappa shape index (κ2) is 4.86. The standard InChI is InChI=1S/C13H20N4O/c1-9-5-6-11-12(14)13(15-17(11)10(9)2)18-8-7-16(3)4/h5-6H,7-8,14H2,1-4H3. The molecule has 0 atom stereocenters. The molecule has 0 aliphatic carbocycles. The average molecular weight is 248 g/mol. The number of likely N-dealkylation sites (N-methyl/N-ethyl adjacent to an activating group) is 1. The van der Waals surface area contributed by atoms with Crippen molar-refractivity contribution < 1.29 is 4.74 Å². The Morgan fingerprint density at radius 3 is 2.72 bits per heavy atom. The van der Waals surface area contributed by atoms with Crippen LogP contribution in [0, 0.1) is 13.8 Å². The minimum Gasteiger partial charge on any atom is -0.474 e. The molecular weight excluding hydrogens is 228 g/mol. The maximum atomic E-state index is 6.05. The predicted octanol–water partition coefficient (Wildman–Crippen LogP) is 1.47. The van der Waals surface area contributed by atoms with E-state index in [0.29, 0.717) is 18.2 Å². The van der Waals surface area contributed by atoms with Gasteiger partial charge < -0.3 is 15.4 Å². The molecular formula is C13H20N4O. The van der Waals surface area contributed by atoms with Crippen molar-refractivity contribution in [3.63, 3.8) is 0 Å². The van der Waals surface area contributed by atoms with Crippen LogP contribution in [0.4, 0.5) is 5.69 Å². The van der Waals surface area contributed by atoms with Gasteiger partial charge in [-0.25, -0.2) is 4.52 Å². The molecule has 0 saturated carbocycles. The third-order valence-electron chi connectivity index (χ3n) is 3.08. The molecule has 2 aromatic rings. The first-order chi connectivity index (χ1) is 8.50. The van der Waals surface area contributed by atoms with Crippen LogP contribution in [0.25, 0.3) is 5.52 Å². The minimum atomic E-state index is 0.519. The summed E-state index contributed by atoms with van der Waals surface area (Å²) in [7, 11) is 4.01. The van der Waals surface area contributed by atoms with Gasteiger partial charge in [0.2, 0.25) is 0 Å². The van der Waals surface area contributed by atoms with Crippen molar-refractivity contribution in [3.05, 3.63) is 23.4 Å². The topological polar surface area (TPSA) is 55.8 Å². The van der Waals surface area contributed by atoms with Crippen molar-refractivity contribution in [3.8, 4) is 5.88 Å². The Kier molecular flexibility index (Phi) is 3.43. The molecule has 0 aliphatic heterocycles.